The standard InChI is InChI=1S/C34H50NO.C32H12BF24/c1-2-3-4-5-6-7-8-9-10-11-12-13-14-15-16-22-29-36-34-33-26-21-20-25-32(33)27-28-35(34)30-31-23-18-17-19-24-31;34-25(35,36)13-1-14(26(37,38)39)6-21(5-13)33(22-7-15(27(40,41)42)2-16(8-22)28(43,44)45,23-9-17(29(46,47)48)3-18(10-23)30(49,50)51)24-11-19(31(52,53)54)4-20(12-24)32(55,56)57/h17-21,23-28H,2-16,22,29-30H2,1H3;1-12H/q+1;-1. The molecule has 27 heteroatoms. The Labute approximate surface area is 519 Å². The van der Waals surface area contributed by atoms with Gasteiger partial charge in [0.1, 0.15) is 6.15 Å². The summed E-state index contributed by atoms with van der Waals surface area (Å²) in [7, 11) is 0. The Morgan fingerprint density at radius 2 is 0.581 bits per heavy atom. The van der Waals surface area contributed by atoms with E-state index in [1.807, 2.05) is 0 Å². The van der Waals surface area contributed by atoms with Gasteiger partial charge in [0.2, 0.25) is 0 Å². The fraction of sp³-hybridized carbons (Fsp3) is 0.409. The molecule has 0 aliphatic heterocycles. The van der Waals surface area contributed by atoms with Crippen LogP contribution in [0.3, 0.4) is 0 Å². The number of hydrogen-bond acceptors (Lipinski definition) is 1. The van der Waals surface area contributed by atoms with Gasteiger partial charge in [-0.15, -0.1) is 0 Å². The molecule has 0 radical (unpaired) electrons. The molecular weight excluding hydrogens is 1290 g/mol. The Hall–Kier alpha value is -7.09. The van der Waals surface area contributed by atoms with Gasteiger partial charge in [0.15, 0.2) is 12.7 Å². The largest absolute Gasteiger partial charge is 0.444 e. The van der Waals surface area contributed by atoms with Gasteiger partial charge in [-0.25, -0.2) is 0 Å². The molecule has 0 atom stereocenters. The van der Waals surface area contributed by atoms with Gasteiger partial charge in [-0.05, 0) is 42.1 Å². The summed E-state index contributed by atoms with van der Waals surface area (Å²) in [5, 5.41) is 2.44. The van der Waals surface area contributed by atoms with Crippen LogP contribution in [-0.2, 0) is 56.0 Å². The van der Waals surface area contributed by atoms with Gasteiger partial charge in [-0.3, -0.25) is 0 Å². The molecule has 1 heterocycles. The lowest BCUT2D eigenvalue weighted by Gasteiger charge is -2.46. The van der Waals surface area contributed by atoms with Crippen molar-refractivity contribution in [2.75, 3.05) is 6.61 Å². The molecule has 0 aliphatic rings. The van der Waals surface area contributed by atoms with Gasteiger partial charge in [-0.2, -0.15) is 132 Å². The van der Waals surface area contributed by atoms with Crippen molar-refractivity contribution in [3.8, 4) is 5.88 Å². The molecule has 7 aromatic rings. The summed E-state index contributed by atoms with van der Waals surface area (Å²) in [5.41, 5.74) is -28.9. The van der Waals surface area contributed by atoms with Gasteiger partial charge in [-0.1, -0.05) is 200 Å². The Bertz CT molecular complexity index is 3100. The molecular formula is C66H62BF24NO. The molecule has 0 aliphatic carbocycles. The van der Waals surface area contributed by atoms with Gasteiger partial charge in [0, 0.05) is 11.6 Å². The molecule has 0 saturated carbocycles. The second kappa shape index (κ2) is 30.5. The van der Waals surface area contributed by atoms with Crippen molar-refractivity contribution in [1.82, 2.24) is 0 Å². The van der Waals surface area contributed by atoms with E-state index in [1.54, 1.807) is 0 Å². The van der Waals surface area contributed by atoms with E-state index in [-0.39, 0.29) is 0 Å². The van der Waals surface area contributed by atoms with Crippen LogP contribution in [0.4, 0.5) is 105 Å². The third-order valence-corrected chi connectivity index (χ3v) is 15.8. The van der Waals surface area contributed by atoms with Gasteiger partial charge >= 0.3 is 55.3 Å². The SMILES string of the molecule is CCCCCCCCCCCCCCCCCCOc1c2ccccc2cc[n+]1Cc1ccccc1.FC(F)(F)c1cc([B-](c2cc(C(F)(F)F)cc(C(F)(F)F)c2)(c2cc(C(F)(F)F)cc(C(F)(F)F)c2)c2cc(C(F)(F)F)cc(C(F)(F)F)c2)cc(C(F)(F)F)c1. The van der Waals surface area contributed by atoms with Crippen LogP contribution in [0.2, 0.25) is 0 Å². The Morgan fingerprint density at radius 1 is 0.312 bits per heavy atom. The summed E-state index contributed by atoms with van der Waals surface area (Å²) in [6.45, 7) is 3.92. The number of pyridine rings is 1. The van der Waals surface area contributed by atoms with Crippen molar-refractivity contribution in [1.29, 1.82) is 0 Å². The first-order chi connectivity index (χ1) is 43.1. The van der Waals surface area contributed by atoms with E-state index in [4.69, 9.17) is 4.74 Å². The second-order valence-corrected chi connectivity index (χ2v) is 22.7. The van der Waals surface area contributed by atoms with E-state index >= 15 is 0 Å². The van der Waals surface area contributed by atoms with Crippen LogP contribution in [-0.4, -0.2) is 12.8 Å². The maximum absolute atomic E-state index is 14.2. The molecule has 93 heavy (non-hydrogen) atoms. The van der Waals surface area contributed by atoms with Gasteiger partial charge < -0.3 is 4.74 Å². The average Bonchev–Trinajstić information content (AvgIpc) is 0.710. The van der Waals surface area contributed by atoms with Crippen molar-refractivity contribution < 1.29 is 115 Å². The van der Waals surface area contributed by atoms with Crippen LogP contribution in [0.5, 0.6) is 5.88 Å². The van der Waals surface area contributed by atoms with Crippen LogP contribution in [0.1, 0.15) is 160 Å². The minimum atomic E-state index is -6.13. The molecule has 0 spiro atoms. The smallest absolute Gasteiger partial charge is 0.416 e. The predicted molar refractivity (Wildman–Crippen MR) is 305 cm³/mol. The molecule has 6 aromatic carbocycles. The third kappa shape index (κ3) is 20.7. The topological polar surface area (TPSA) is 13.1 Å². The molecule has 2 nitrogen and oxygen atoms in total. The maximum Gasteiger partial charge on any atom is 0.416 e. The van der Waals surface area contributed by atoms with Crippen LogP contribution in [0.15, 0.2) is 140 Å². The number of nitrogens with zero attached hydrogens (tertiary/aromatic N) is 1. The zero-order chi connectivity index (χ0) is 69.0. The van der Waals surface area contributed by atoms with Gasteiger partial charge in [0.25, 0.3) is 0 Å². The van der Waals surface area contributed by atoms with E-state index in [2.05, 4.69) is 78.4 Å². The zero-order valence-corrected chi connectivity index (χ0v) is 49.5. The monoisotopic (exact) mass is 1350 g/mol. The molecule has 7 rings (SSSR count). The minimum Gasteiger partial charge on any atom is -0.444 e. The second-order valence-electron chi connectivity index (χ2n) is 22.7. The van der Waals surface area contributed by atoms with Crippen LogP contribution in [0, 0.1) is 0 Å². The summed E-state index contributed by atoms with van der Waals surface area (Å²) in [6.07, 6.45) is -30.4. The van der Waals surface area contributed by atoms with Crippen LogP contribution in [0.25, 0.3) is 10.8 Å². The Kier molecular flexibility index (Phi) is 24.6. The lowest BCUT2D eigenvalue weighted by Crippen LogP contribution is -2.75. The van der Waals surface area contributed by atoms with Crippen LogP contribution >= 0.6 is 0 Å². The molecule has 1 aromatic heterocycles. The number of fused-ring (bicyclic) bond motifs is 1. The summed E-state index contributed by atoms with van der Waals surface area (Å²) in [4.78, 5) is 0. The fourth-order valence-electron chi connectivity index (χ4n) is 11.2. The number of aromatic nitrogens is 1. The zero-order valence-electron chi connectivity index (χ0n) is 49.5. The lowest BCUT2D eigenvalue weighted by atomic mass is 9.12. The van der Waals surface area contributed by atoms with Crippen LogP contribution < -0.4 is 31.2 Å². The number of rotatable bonds is 24. The molecule has 0 amide bonds. The highest BCUT2D eigenvalue weighted by Crippen LogP contribution is 2.42. The first-order valence-electron chi connectivity index (χ1n) is 29.6. The number of ether oxygens (including phenoxy) is 1. The number of hydrogen-bond donors (Lipinski definition) is 0. The number of unbranched alkanes of at least 4 members (excludes halogenated alkanes) is 15. The number of alkyl halides is 24. The highest BCUT2D eigenvalue weighted by Gasteiger charge is 2.47. The number of halogens is 24. The maximum atomic E-state index is 14.2. The van der Waals surface area contributed by atoms with Crippen molar-refractivity contribution >= 4 is 38.8 Å². The highest BCUT2D eigenvalue weighted by molar-refractivity contribution is 7.20. The van der Waals surface area contributed by atoms with Crippen molar-refractivity contribution in [3.63, 3.8) is 0 Å². The van der Waals surface area contributed by atoms with Crippen molar-refractivity contribution in [2.24, 2.45) is 0 Å². The Morgan fingerprint density at radius 3 is 0.871 bits per heavy atom. The first-order valence-corrected chi connectivity index (χ1v) is 29.6. The van der Waals surface area contributed by atoms with E-state index in [0.29, 0.717) is 0 Å². The highest BCUT2D eigenvalue weighted by atomic mass is 19.4. The van der Waals surface area contributed by atoms with Crippen molar-refractivity contribution in [3.05, 3.63) is 190 Å². The van der Waals surface area contributed by atoms with Crippen molar-refractivity contribution in [2.45, 2.75) is 166 Å². The fourth-order valence-corrected chi connectivity index (χ4v) is 11.2. The molecule has 0 fully saturated rings. The lowest BCUT2D eigenvalue weighted by molar-refractivity contribution is -0.692. The van der Waals surface area contributed by atoms with E-state index < -0.39 is 195 Å². The summed E-state index contributed by atoms with van der Waals surface area (Å²) in [5.74, 6) is 0.998. The predicted octanol–water partition coefficient (Wildman–Crippen LogP) is 21.0. The molecule has 0 saturated heterocycles. The molecule has 0 N–H and O–H groups in total. The summed E-state index contributed by atoms with van der Waals surface area (Å²) < 4.78 is 349. The van der Waals surface area contributed by atoms with Gasteiger partial charge in [0.05, 0.1) is 56.5 Å². The number of benzene rings is 6. The average molecular weight is 1350 g/mol. The molecule has 0 bridgehead atoms. The minimum absolute atomic E-state index is 0.691. The third-order valence-electron chi connectivity index (χ3n) is 15.8. The van der Waals surface area contributed by atoms with E-state index in [9.17, 15) is 105 Å². The first kappa shape index (κ1) is 74.9. The summed E-state index contributed by atoms with van der Waals surface area (Å²) >= 11 is 0. The summed E-state index contributed by atoms with van der Waals surface area (Å²) in [6, 6.07) is 12.6. The quantitative estimate of drug-likeness (QED) is 0.0254. The van der Waals surface area contributed by atoms with E-state index in [1.165, 1.54) is 113 Å². The molecule has 0 unspecified atom stereocenters. The van der Waals surface area contributed by atoms with E-state index in [0.717, 1.165) is 25.5 Å². The normalized spacial score (nSPS) is 13.1. The Balaban J connectivity index is 0.000000327. The molecule has 508 valence electrons.